The van der Waals surface area contributed by atoms with Gasteiger partial charge >= 0.3 is 5.97 Å². The number of carbonyl (C=O) groups is 2. The number of hydrogen-bond acceptors (Lipinski definition) is 5. The van der Waals surface area contributed by atoms with Crippen LogP contribution in [0.25, 0.3) is 10.2 Å². The number of fused-ring (bicyclic) bond motifs is 1. The van der Waals surface area contributed by atoms with Crippen molar-refractivity contribution in [2.24, 2.45) is 4.99 Å². The summed E-state index contributed by atoms with van der Waals surface area (Å²) in [6.45, 7) is 2.10. The van der Waals surface area contributed by atoms with Crippen molar-refractivity contribution in [3.05, 3.63) is 58.4 Å². The molecule has 0 aliphatic rings. The second-order valence-corrected chi connectivity index (χ2v) is 7.68. The summed E-state index contributed by atoms with van der Waals surface area (Å²) in [7, 11) is 1.35. The van der Waals surface area contributed by atoms with Crippen LogP contribution < -0.4 is 4.80 Å². The molecule has 3 aromatic rings. The number of benzene rings is 2. The first-order chi connectivity index (χ1) is 13.1. The zero-order valence-corrected chi connectivity index (χ0v) is 17.0. The van der Waals surface area contributed by atoms with Crippen molar-refractivity contribution in [3.8, 4) is 0 Å². The lowest BCUT2D eigenvalue weighted by Crippen LogP contribution is -2.22. The molecule has 0 aliphatic carbocycles. The van der Waals surface area contributed by atoms with Gasteiger partial charge in [0.1, 0.15) is 6.54 Å². The third-order valence-electron chi connectivity index (χ3n) is 4.20. The second kappa shape index (κ2) is 8.54. The van der Waals surface area contributed by atoms with Crippen molar-refractivity contribution < 1.29 is 14.3 Å². The smallest absolute Gasteiger partial charge is 0.325 e. The van der Waals surface area contributed by atoms with E-state index in [0.717, 1.165) is 21.5 Å². The van der Waals surface area contributed by atoms with Gasteiger partial charge in [-0.3, -0.25) is 9.59 Å². The Hall–Kier alpha value is -2.38. The maximum absolute atomic E-state index is 12.8. The fourth-order valence-electron chi connectivity index (χ4n) is 2.74. The van der Waals surface area contributed by atoms with Gasteiger partial charge in [-0.15, -0.1) is 11.8 Å². The van der Waals surface area contributed by atoms with E-state index < -0.39 is 0 Å². The van der Waals surface area contributed by atoms with E-state index in [-0.39, 0.29) is 18.4 Å². The van der Waals surface area contributed by atoms with E-state index in [0.29, 0.717) is 10.4 Å². The molecule has 0 N–H and O–H groups in total. The van der Waals surface area contributed by atoms with Gasteiger partial charge in [-0.05, 0) is 42.5 Å². The topological polar surface area (TPSA) is 60.7 Å². The SMILES string of the molecule is CCc1ccc2c(c1)sc(=NC(=O)c1ccccc1SC)n2CC(=O)OC. The minimum atomic E-state index is -0.382. The molecule has 1 heterocycles. The van der Waals surface area contributed by atoms with Crippen LogP contribution in [0.2, 0.25) is 0 Å². The van der Waals surface area contributed by atoms with Crippen LogP contribution in [-0.4, -0.2) is 29.8 Å². The molecule has 2 aromatic carbocycles. The minimum absolute atomic E-state index is 0.0122. The summed E-state index contributed by atoms with van der Waals surface area (Å²) in [6.07, 6.45) is 2.84. The lowest BCUT2D eigenvalue weighted by atomic mass is 10.2. The average molecular weight is 401 g/mol. The average Bonchev–Trinajstić information content (AvgIpc) is 3.03. The number of hydrogen-bond donors (Lipinski definition) is 0. The van der Waals surface area contributed by atoms with Crippen molar-refractivity contribution in [3.63, 3.8) is 0 Å². The molecule has 1 aromatic heterocycles. The van der Waals surface area contributed by atoms with Crippen LogP contribution in [0.15, 0.2) is 52.4 Å². The minimum Gasteiger partial charge on any atom is -0.468 e. The Morgan fingerprint density at radius 1 is 1.22 bits per heavy atom. The Bertz CT molecular complexity index is 1070. The first kappa shape index (κ1) is 19.4. The molecule has 0 saturated carbocycles. The third kappa shape index (κ3) is 4.14. The van der Waals surface area contributed by atoms with Gasteiger partial charge in [-0.1, -0.05) is 36.5 Å². The van der Waals surface area contributed by atoms with Gasteiger partial charge in [0.25, 0.3) is 5.91 Å². The Balaban J connectivity index is 2.16. The van der Waals surface area contributed by atoms with Gasteiger partial charge in [0, 0.05) is 4.90 Å². The summed E-state index contributed by atoms with van der Waals surface area (Å²) in [4.78, 5) is 30.4. The Kier molecular flexibility index (Phi) is 6.13. The van der Waals surface area contributed by atoms with E-state index in [1.165, 1.54) is 35.8 Å². The number of thioether (sulfide) groups is 1. The number of aryl methyl sites for hydroxylation is 1. The first-order valence-corrected chi connectivity index (χ1v) is 10.5. The van der Waals surface area contributed by atoms with Gasteiger partial charge in [0.2, 0.25) is 0 Å². The zero-order chi connectivity index (χ0) is 19.4. The summed E-state index contributed by atoms with van der Waals surface area (Å²) in [5, 5.41) is 0. The lowest BCUT2D eigenvalue weighted by molar-refractivity contribution is -0.141. The largest absolute Gasteiger partial charge is 0.468 e. The third-order valence-corrected chi connectivity index (χ3v) is 6.04. The maximum Gasteiger partial charge on any atom is 0.325 e. The van der Waals surface area contributed by atoms with Crippen molar-refractivity contribution in [2.45, 2.75) is 24.8 Å². The molecule has 0 aliphatic heterocycles. The second-order valence-electron chi connectivity index (χ2n) is 5.82. The molecule has 7 heteroatoms. The van der Waals surface area contributed by atoms with Crippen LogP contribution in [0.3, 0.4) is 0 Å². The summed E-state index contributed by atoms with van der Waals surface area (Å²) in [6, 6.07) is 13.5. The van der Waals surface area contributed by atoms with Gasteiger partial charge in [0.05, 0.1) is 22.9 Å². The number of methoxy groups -OCH3 is 1. The summed E-state index contributed by atoms with van der Waals surface area (Å²) < 4.78 is 7.54. The molecule has 5 nitrogen and oxygen atoms in total. The standard InChI is InChI=1S/C20H20N2O3S2/c1-4-13-9-10-15-17(11-13)27-20(22(15)12-18(23)25-2)21-19(24)14-7-5-6-8-16(14)26-3/h5-11H,4,12H2,1-3H3. The number of carbonyl (C=O) groups excluding carboxylic acids is 2. The van der Waals surface area contributed by atoms with E-state index in [4.69, 9.17) is 4.74 Å². The molecule has 0 radical (unpaired) electrons. The summed E-state index contributed by atoms with van der Waals surface area (Å²) in [5.41, 5.74) is 2.62. The van der Waals surface area contributed by atoms with Crippen LogP contribution in [0.1, 0.15) is 22.8 Å². The van der Waals surface area contributed by atoms with Crippen LogP contribution in [0, 0.1) is 0 Å². The first-order valence-electron chi connectivity index (χ1n) is 8.48. The highest BCUT2D eigenvalue weighted by Crippen LogP contribution is 2.22. The van der Waals surface area contributed by atoms with Crippen LogP contribution in [0.5, 0.6) is 0 Å². The van der Waals surface area contributed by atoms with Crippen LogP contribution in [-0.2, 0) is 22.5 Å². The lowest BCUT2D eigenvalue weighted by Gasteiger charge is -2.05. The van der Waals surface area contributed by atoms with Gasteiger partial charge < -0.3 is 9.30 Å². The Labute approximate surface area is 165 Å². The highest BCUT2D eigenvalue weighted by Gasteiger charge is 2.14. The maximum atomic E-state index is 12.8. The van der Waals surface area contributed by atoms with Crippen molar-refractivity contribution in [1.29, 1.82) is 0 Å². The van der Waals surface area contributed by atoms with E-state index in [2.05, 4.69) is 18.0 Å². The van der Waals surface area contributed by atoms with Crippen molar-refractivity contribution in [1.82, 2.24) is 4.57 Å². The summed E-state index contributed by atoms with van der Waals surface area (Å²) in [5.74, 6) is -0.700. The number of aromatic nitrogens is 1. The number of esters is 1. The van der Waals surface area contributed by atoms with Crippen molar-refractivity contribution >= 4 is 45.2 Å². The fraction of sp³-hybridized carbons (Fsp3) is 0.250. The monoisotopic (exact) mass is 400 g/mol. The van der Waals surface area contributed by atoms with Crippen LogP contribution >= 0.6 is 23.1 Å². The van der Waals surface area contributed by atoms with E-state index >= 15 is 0 Å². The molecule has 0 atom stereocenters. The predicted molar refractivity (Wildman–Crippen MR) is 109 cm³/mol. The molecule has 0 spiro atoms. The molecular weight excluding hydrogens is 380 g/mol. The molecule has 140 valence electrons. The highest BCUT2D eigenvalue weighted by molar-refractivity contribution is 7.98. The molecule has 27 heavy (non-hydrogen) atoms. The zero-order valence-electron chi connectivity index (χ0n) is 15.4. The van der Waals surface area contributed by atoms with Crippen LogP contribution in [0.4, 0.5) is 0 Å². The molecule has 0 unspecified atom stereocenters. The number of thiazole rings is 1. The molecule has 1 amide bonds. The fourth-order valence-corrected chi connectivity index (χ4v) is 4.42. The molecule has 3 rings (SSSR count). The normalized spacial score (nSPS) is 11.7. The Morgan fingerprint density at radius 3 is 2.70 bits per heavy atom. The molecule has 0 fully saturated rings. The number of ether oxygens (including phenoxy) is 1. The van der Waals surface area contributed by atoms with Gasteiger partial charge in [0.15, 0.2) is 4.80 Å². The summed E-state index contributed by atoms with van der Waals surface area (Å²) >= 11 is 2.91. The predicted octanol–water partition coefficient (Wildman–Crippen LogP) is 3.90. The number of nitrogens with zero attached hydrogens (tertiary/aromatic N) is 2. The molecular formula is C20H20N2O3S2. The van der Waals surface area contributed by atoms with Gasteiger partial charge in [-0.25, -0.2) is 0 Å². The quantitative estimate of drug-likeness (QED) is 0.481. The Morgan fingerprint density at radius 2 is 2.00 bits per heavy atom. The highest BCUT2D eigenvalue weighted by atomic mass is 32.2. The molecule has 0 saturated heterocycles. The van der Waals surface area contributed by atoms with Gasteiger partial charge in [-0.2, -0.15) is 4.99 Å². The number of amides is 1. The van der Waals surface area contributed by atoms with Crippen molar-refractivity contribution in [2.75, 3.05) is 13.4 Å². The van der Waals surface area contributed by atoms with E-state index in [1.54, 1.807) is 10.6 Å². The molecule has 0 bridgehead atoms. The van der Waals surface area contributed by atoms with E-state index in [9.17, 15) is 9.59 Å². The number of rotatable bonds is 5. The van der Waals surface area contributed by atoms with E-state index in [1.807, 2.05) is 36.6 Å².